The van der Waals surface area contributed by atoms with Gasteiger partial charge in [-0.15, -0.1) is 0 Å². The van der Waals surface area contributed by atoms with E-state index in [0.717, 1.165) is 61.8 Å². The number of benzene rings is 1. The first-order valence-electron chi connectivity index (χ1n) is 8.18. The molecule has 0 unspecified atom stereocenters. The summed E-state index contributed by atoms with van der Waals surface area (Å²) in [7, 11) is 1.39. The molecule has 1 spiro atoms. The summed E-state index contributed by atoms with van der Waals surface area (Å²) in [4.78, 5) is 25.5. The third kappa shape index (κ3) is 3.44. The fourth-order valence-electron chi connectivity index (χ4n) is 3.77. The van der Waals surface area contributed by atoms with Gasteiger partial charge in [0.05, 0.1) is 12.7 Å². The predicted octanol–water partition coefficient (Wildman–Crippen LogP) is 3.97. The number of esters is 1. The van der Waals surface area contributed by atoms with Crippen molar-refractivity contribution in [2.24, 2.45) is 5.41 Å². The Kier molecular flexibility index (Phi) is 4.76. The molecule has 23 heavy (non-hydrogen) atoms. The summed E-state index contributed by atoms with van der Waals surface area (Å²) in [5, 5.41) is 0. The van der Waals surface area contributed by atoms with Crippen LogP contribution in [0.5, 0.6) is 0 Å². The number of hydrogen-bond acceptors (Lipinski definition) is 4. The standard InChI is InChI=1S/C18H22BrNO3/c1-23-17(22)15-3-2-13(12-16(15)19)20-10-8-18(9-11-20)6-4-14(21)5-7-18/h2-3,12H,4-11H2,1H3. The average molecular weight is 380 g/mol. The molecule has 4 nitrogen and oxygen atoms in total. The molecular weight excluding hydrogens is 358 g/mol. The Labute approximate surface area is 145 Å². The maximum absolute atomic E-state index is 11.7. The highest BCUT2D eigenvalue weighted by Crippen LogP contribution is 2.44. The first-order valence-corrected chi connectivity index (χ1v) is 8.97. The lowest BCUT2D eigenvalue weighted by molar-refractivity contribution is -0.122. The minimum absolute atomic E-state index is 0.326. The topological polar surface area (TPSA) is 46.6 Å². The second-order valence-corrected chi connectivity index (χ2v) is 7.54. The molecule has 0 bridgehead atoms. The summed E-state index contributed by atoms with van der Waals surface area (Å²) in [5.74, 6) is 0.105. The van der Waals surface area contributed by atoms with Crippen molar-refractivity contribution in [3.8, 4) is 0 Å². The van der Waals surface area contributed by atoms with Crippen molar-refractivity contribution in [2.45, 2.75) is 38.5 Å². The van der Waals surface area contributed by atoms with E-state index in [9.17, 15) is 9.59 Å². The molecule has 0 aromatic heterocycles. The molecule has 0 amide bonds. The van der Waals surface area contributed by atoms with Crippen LogP contribution < -0.4 is 4.90 Å². The minimum Gasteiger partial charge on any atom is -0.465 e. The Morgan fingerprint density at radius 3 is 2.39 bits per heavy atom. The Hall–Kier alpha value is -1.36. The van der Waals surface area contributed by atoms with Gasteiger partial charge in [0.1, 0.15) is 5.78 Å². The predicted molar refractivity (Wildman–Crippen MR) is 92.8 cm³/mol. The van der Waals surface area contributed by atoms with Gasteiger partial charge in [-0.1, -0.05) is 0 Å². The Morgan fingerprint density at radius 1 is 1.17 bits per heavy atom. The number of carbonyl (C=O) groups excluding carboxylic acids is 2. The first kappa shape index (κ1) is 16.5. The summed E-state index contributed by atoms with van der Waals surface area (Å²) in [6.07, 6.45) is 5.95. The van der Waals surface area contributed by atoms with E-state index >= 15 is 0 Å². The van der Waals surface area contributed by atoms with E-state index in [1.54, 1.807) is 0 Å². The van der Waals surface area contributed by atoms with Crippen LogP contribution in [0.25, 0.3) is 0 Å². The van der Waals surface area contributed by atoms with Gasteiger partial charge in [-0.3, -0.25) is 4.79 Å². The zero-order valence-corrected chi connectivity index (χ0v) is 15.0. The van der Waals surface area contributed by atoms with Crippen molar-refractivity contribution < 1.29 is 14.3 Å². The number of ketones is 1. The molecule has 0 atom stereocenters. The van der Waals surface area contributed by atoms with Crippen LogP contribution in [0, 0.1) is 5.41 Å². The molecule has 2 aliphatic rings. The lowest BCUT2D eigenvalue weighted by atomic mass is 9.68. The van der Waals surface area contributed by atoms with Crippen LogP contribution in [-0.4, -0.2) is 32.0 Å². The van der Waals surface area contributed by atoms with E-state index in [-0.39, 0.29) is 5.97 Å². The number of rotatable bonds is 2. The number of nitrogens with zero attached hydrogens (tertiary/aromatic N) is 1. The monoisotopic (exact) mass is 379 g/mol. The Morgan fingerprint density at radius 2 is 1.83 bits per heavy atom. The summed E-state index contributed by atoms with van der Waals surface area (Å²) >= 11 is 3.47. The smallest absolute Gasteiger partial charge is 0.339 e. The van der Waals surface area contributed by atoms with E-state index in [2.05, 4.69) is 20.8 Å². The highest BCUT2D eigenvalue weighted by atomic mass is 79.9. The number of hydrogen-bond donors (Lipinski definition) is 0. The molecule has 1 aromatic rings. The van der Waals surface area contributed by atoms with Crippen LogP contribution in [0.3, 0.4) is 0 Å². The fraction of sp³-hybridized carbons (Fsp3) is 0.556. The number of anilines is 1. The number of carbonyl (C=O) groups is 2. The molecule has 1 aliphatic carbocycles. The van der Waals surface area contributed by atoms with Gasteiger partial charge < -0.3 is 9.64 Å². The zero-order valence-electron chi connectivity index (χ0n) is 13.4. The molecule has 0 radical (unpaired) electrons. The Balaban J connectivity index is 1.67. The van der Waals surface area contributed by atoms with E-state index in [1.165, 1.54) is 7.11 Å². The quantitative estimate of drug-likeness (QED) is 0.729. The second-order valence-electron chi connectivity index (χ2n) is 6.68. The van der Waals surface area contributed by atoms with Crippen molar-refractivity contribution in [3.63, 3.8) is 0 Å². The van der Waals surface area contributed by atoms with Gasteiger partial charge in [-0.05, 0) is 65.2 Å². The lowest BCUT2D eigenvalue weighted by Crippen LogP contribution is -2.42. The van der Waals surface area contributed by atoms with E-state index < -0.39 is 0 Å². The van der Waals surface area contributed by atoms with Crippen molar-refractivity contribution in [1.29, 1.82) is 0 Å². The third-order valence-corrected chi connectivity index (χ3v) is 6.07. The maximum Gasteiger partial charge on any atom is 0.339 e. The van der Waals surface area contributed by atoms with Crippen LogP contribution in [0.4, 0.5) is 5.69 Å². The van der Waals surface area contributed by atoms with Gasteiger partial charge in [0.2, 0.25) is 0 Å². The van der Waals surface area contributed by atoms with Crippen LogP contribution in [-0.2, 0) is 9.53 Å². The van der Waals surface area contributed by atoms with Crippen molar-refractivity contribution >= 4 is 33.4 Å². The highest BCUT2D eigenvalue weighted by molar-refractivity contribution is 9.10. The number of methoxy groups -OCH3 is 1. The van der Waals surface area contributed by atoms with Crippen LogP contribution in [0.2, 0.25) is 0 Å². The van der Waals surface area contributed by atoms with Crippen molar-refractivity contribution in [1.82, 2.24) is 0 Å². The van der Waals surface area contributed by atoms with Gasteiger partial charge in [-0.2, -0.15) is 0 Å². The maximum atomic E-state index is 11.7. The summed E-state index contributed by atoms with van der Waals surface area (Å²) < 4.78 is 5.55. The molecule has 1 saturated carbocycles. The molecule has 3 rings (SSSR count). The molecule has 2 fully saturated rings. The number of ether oxygens (including phenoxy) is 1. The van der Waals surface area contributed by atoms with Crippen LogP contribution >= 0.6 is 15.9 Å². The second kappa shape index (κ2) is 6.63. The first-order chi connectivity index (χ1) is 11.0. The number of piperidine rings is 1. The van der Waals surface area contributed by atoms with E-state index in [0.29, 0.717) is 16.8 Å². The zero-order chi connectivity index (χ0) is 16.4. The lowest BCUT2D eigenvalue weighted by Gasteiger charge is -2.44. The number of Topliss-reactive ketones (excluding diaryl/α,β-unsaturated/α-hetero) is 1. The highest BCUT2D eigenvalue weighted by Gasteiger charge is 2.37. The summed E-state index contributed by atoms with van der Waals surface area (Å²) in [5.41, 5.74) is 2.06. The van der Waals surface area contributed by atoms with Gasteiger partial charge in [-0.25, -0.2) is 4.79 Å². The molecule has 1 heterocycles. The molecular formula is C18H22BrNO3. The SMILES string of the molecule is COC(=O)c1ccc(N2CCC3(CCC(=O)CC3)CC2)cc1Br. The van der Waals surface area contributed by atoms with Gasteiger partial charge in [0, 0.05) is 36.1 Å². The van der Waals surface area contributed by atoms with Gasteiger partial charge in [0.25, 0.3) is 0 Å². The minimum atomic E-state index is -0.326. The summed E-state index contributed by atoms with van der Waals surface area (Å²) in [6.45, 7) is 2.02. The van der Waals surface area contributed by atoms with Crippen LogP contribution in [0.1, 0.15) is 48.9 Å². The normalized spacial score (nSPS) is 20.6. The summed E-state index contributed by atoms with van der Waals surface area (Å²) in [6, 6.07) is 5.79. The van der Waals surface area contributed by atoms with E-state index in [4.69, 9.17) is 4.74 Å². The van der Waals surface area contributed by atoms with Crippen molar-refractivity contribution in [2.75, 3.05) is 25.1 Å². The third-order valence-electron chi connectivity index (χ3n) is 5.42. The van der Waals surface area contributed by atoms with E-state index in [1.807, 2.05) is 18.2 Å². The molecule has 124 valence electrons. The fourth-order valence-corrected chi connectivity index (χ4v) is 4.30. The van der Waals surface area contributed by atoms with Gasteiger partial charge >= 0.3 is 5.97 Å². The molecule has 5 heteroatoms. The number of halogens is 1. The molecule has 1 saturated heterocycles. The van der Waals surface area contributed by atoms with Crippen LogP contribution in [0.15, 0.2) is 22.7 Å². The molecule has 1 aliphatic heterocycles. The average Bonchev–Trinajstić information content (AvgIpc) is 2.58. The molecule has 0 N–H and O–H groups in total. The Bertz CT molecular complexity index is 609. The van der Waals surface area contributed by atoms with Crippen molar-refractivity contribution in [3.05, 3.63) is 28.2 Å². The largest absolute Gasteiger partial charge is 0.465 e. The molecule has 1 aromatic carbocycles. The van der Waals surface area contributed by atoms with Gasteiger partial charge in [0.15, 0.2) is 0 Å².